The summed E-state index contributed by atoms with van der Waals surface area (Å²) < 4.78 is 20.7. The quantitative estimate of drug-likeness (QED) is 0.774. The number of rotatable bonds is 4. The molecule has 0 bridgehead atoms. The Morgan fingerprint density at radius 3 is 2.23 bits per heavy atom. The second kappa shape index (κ2) is 5.72. The zero-order valence-electron chi connectivity index (χ0n) is 15.9. The van der Waals surface area contributed by atoms with Crippen molar-refractivity contribution in [3.8, 4) is 11.7 Å². The highest BCUT2D eigenvalue weighted by molar-refractivity contribution is 6.62. The number of benzene rings is 1. The van der Waals surface area contributed by atoms with Crippen molar-refractivity contribution in [1.29, 1.82) is 0 Å². The highest BCUT2D eigenvalue weighted by Gasteiger charge is 2.51. The van der Waals surface area contributed by atoms with Gasteiger partial charge in [-0.25, -0.2) is 14.0 Å². The molecule has 0 amide bonds. The van der Waals surface area contributed by atoms with Gasteiger partial charge in [0.1, 0.15) is 6.10 Å². The smallest absolute Gasteiger partial charge is 0.460 e. The molecule has 2 aromatic rings. The van der Waals surface area contributed by atoms with Crippen LogP contribution < -0.4 is 15.9 Å². The van der Waals surface area contributed by atoms with Crippen LogP contribution in [0.15, 0.2) is 29.1 Å². The van der Waals surface area contributed by atoms with E-state index in [0.717, 1.165) is 18.3 Å². The Hall–Kier alpha value is -2.06. The van der Waals surface area contributed by atoms with Gasteiger partial charge in [0.05, 0.1) is 16.9 Å². The summed E-state index contributed by atoms with van der Waals surface area (Å²) >= 11 is 0. The molecule has 4 rings (SSSR count). The molecule has 1 saturated heterocycles. The third kappa shape index (κ3) is 2.87. The van der Waals surface area contributed by atoms with E-state index in [1.807, 2.05) is 52.0 Å². The Morgan fingerprint density at radius 2 is 1.69 bits per heavy atom. The van der Waals surface area contributed by atoms with E-state index in [0.29, 0.717) is 11.7 Å². The second-order valence-corrected chi connectivity index (χ2v) is 8.02. The van der Waals surface area contributed by atoms with Gasteiger partial charge in [0.2, 0.25) is 0 Å². The number of aryl methyl sites for hydroxylation is 1. The van der Waals surface area contributed by atoms with Crippen LogP contribution in [0.4, 0.5) is 0 Å². The van der Waals surface area contributed by atoms with Crippen LogP contribution in [-0.2, 0) is 16.4 Å². The molecule has 0 unspecified atom stereocenters. The minimum absolute atomic E-state index is 0.166. The van der Waals surface area contributed by atoms with Crippen LogP contribution in [0.5, 0.6) is 6.01 Å². The van der Waals surface area contributed by atoms with E-state index < -0.39 is 7.12 Å². The highest BCUT2D eigenvalue weighted by Crippen LogP contribution is 2.36. The van der Waals surface area contributed by atoms with Gasteiger partial charge in [-0.15, -0.1) is 5.10 Å². The molecule has 2 heterocycles. The van der Waals surface area contributed by atoms with Crippen LogP contribution in [0.3, 0.4) is 0 Å². The van der Waals surface area contributed by atoms with E-state index in [4.69, 9.17) is 14.0 Å². The molecule has 0 spiro atoms. The average molecular weight is 357 g/mol. The van der Waals surface area contributed by atoms with Gasteiger partial charge < -0.3 is 14.0 Å². The predicted molar refractivity (Wildman–Crippen MR) is 98.2 cm³/mol. The molecule has 138 valence electrons. The van der Waals surface area contributed by atoms with Gasteiger partial charge in [-0.05, 0) is 58.1 Å². The van der Waals surface area contributed by atoms with Crippen molar-refractivity contribution in [3.63, 3.8) is 0 Å². The van der Waals surface area contributed by atoms with Gasteiger partial charge in [0.15, 0.2) is 0 Å². The molecular formula is C18H24BN3O4. The Morgan fingerprint density at radius 1 is 1.12 bits per heavy atom. The summed E-state index contributed by atoms with van der Waals surface area (Å²) in [7, 11) is 1.19. The first kappa shape index (κ1) is 17.4. The van der Waals surface area contributed by atoms with E-state index in [1.54, 1.807) is 7.05 Å². The molecule has 1 saturated carbocycles. The third-order valence-electron chi connectivity index (χ3n) is 5.37. The van der Waals surface area contributed by atoms with Crippen molar-refractivity contribution >= 4 is 12.6 Å². The largest absolute Gasteiger partial charge is 0.494 e. The number of nitrogens with zero attached hydrogens (tertiary/aromatic N) is 3. The number of ether oxygens (including phenoxy) is 1. The molecule has 1 aliphatic carbocycles. The molecule has 0 N–H and O–H groups in total. The molecule has 0 radical (unpaired) electrons. The molecule has 8 heteroatoms. The first-order valence-electron chi connectivity index (χ1n) is 8.97. The van der Waals surface area contributed by atoms with Crippen molar-refractivity contribution in [2.45, 2.75) is 57.8 Å². The Balaban J connectivity index is 1.62. The lowest BCUT2D eigenvalue weighted by atomic mass is 9.79. The molecule has 7 nitrogen and oxygen atoms in total. The SMILES string of the molecule is Cn1nc(OC2CC2)n(-c2ccc(B3OC(C)(C)C(C)(C)O3)cc2)c1=O. The van der Waals surface area contributed by atoms with Crippen LogP contribution in [0.25, 0.3) is 5.69 Å². The molecule has 2 fully saturated rings. The van der Waals surface area contributed by atoms with Gasteiger partial charge in [-0.1, -0.05) is 12.1 Å². The molecule has 2 aliphatic rings. The minimum Gasteiger partial charge on any atom is -0.460 e. The second-order valence-electron chi connectivity index (χ2n) is 8.02. The van der Waals surface area contributed by atoms with Crippen LogP contribution >= 0.6 is 0 Å². The summed E-state index contributed by atoms with van der Waals surface area (Å²) in [5.74, 6) is 0. The molecule has 26 heavy (non-hydrogen) atoms. The Labute approximate surface area is 153 Å². The Bertz CT molecular complexity index is 865. The van der Waals surface area contributed by atoms with Crippen LogP contribution in [0, 0.1) is 0 Å². The number of aromatic nitrogens is 3. The zero-order chi connectivity index (χ0) is 18.7. The zero-order valence-corrected chi connectivity index (χ0v) is 15.9. The maximum absolute atomic E-state index is 12.4. The summed E-state index contributed by atoms with van der Waals surface area (Å²) in [4.78, 5) is 12.4. The maximum Gasteiger partial charge on any atom is 0.494 e. The molecule has 1 aliphatic heterocycles. The summed E-state index contributed by atoms with van der Waals surface area (Å²) in [6, 6.07) is 7.89. The fourth-order valence-electron chi connectivity index (χ4n) is 2.83. The average Bonchev–Trinajstić information content (AvgIpc) is 3.28. The summed E-state index contributed by atoms with van der Waals surface area (Å²) in [6.07, 6.45) is 2.18. The van der Waals surface area contributed by atoms with Gasteiger partial charge in [-0.3, -0.25) is 0 Å². The molecule has 1 aromatic carbocycles. The van der Waals surface area contributed by atoms with E-state index in [-0.39, 0.29) is 23.0 Å². The fourth-order valence-corrected chi connectivity index (χ4v) is 2.83. The highest BCUT2D eigenvalue weighted by atomic mass is 16.7. The van der Waals surface area contributed by atoms with Gasteiger partial charge in [0, 0.05) is 7.05 Å². The molecule has 0 atom stereocenters. The monoisotopic (exact) mass is 357 g/mol. The topological polar surface area (TPSA) is 67.5 Å². The van der Waals surface area contributed by atoms with Crippen molar-refractivity contribution < 1.29 is 14.0 Å². The summed E-state index contributed by atoms with van der Waals surface area (Å²) in [5.41, 5.74) is 0.612. The predicted octanol–water partition coefficient (Wildman–Crippen LogP) is 1.41. The lowest BCUT2D eigenvalue weighted by Crippen LogP contribution is -2.41. The first-order valence-corrected chi connectivity index (χ1v) is 8.97. The third-order valence-corrected chi connectivity index (χ3v) is 5.37. The minimum atomic E-state index is -0.429. The van der Waals surface area contributed by atoms with Crippen molar-refractivity contribution in [1.82, 2.24) is 14.3 Å². The maximum atomic E-state index is 12.4. The van der Waals surface area contributed by atoms with Crippen molar-refractivity contribution in [2.24, 2.45) is 7.05 Å². The van der Waals surface area contributed by atoms with Crippen LogP contribution in [-0.4, -0.2) is 38.8 Å². The van der Waals surface area contributed by atoms with Crippen LogP contribution in [0.2, 0.25) is 0 Å². The van der Waals surface area contributed by atoms with Crippen molar-refractivity contribution in [2.75, 3.05) is 0 Å². The Kier molecular flexibility index (Phi) is 3.82. The molecule has 1 aromatic heterocycles. The van der Waals surface area contributed by atoms with Crippen molar-refractivity contribution in [3.05, 3.63) is 34.7 Å². The number of hydrogen-bond donors (Lipinski definition) is 0. The summed E-state index contributed by atoms with van der Waals surface area (Å²) in [6.45, 7) is 8.10. The van der Waals surface area contributed by atoms with E-state index in [1.165, 1.54) is 9.25 Å². The van der Waals surface area contributed by atoms with E-state index >= 15 is 0 Å². The van der Waals surface area contributed by atoms with Gasteiger partial charge in [0.25, 0.3) is 0 Å². The number of hydrogen-bond acceptors (Lipinski definition) is 5. The summed E-state index contributed by atoms with van der Waals surface area (Å²) in [5, 5.41) is 4.20. The van der Waals surface area contributed by atoms with Gasteiger partial charge >= 0.3 is 18.8 Å². The fraction of sp³-hybridized carbons (Fsp3) is 0.556. The van der Waals surface area contributed by atoms with Gasteiger partial charge in [-0.2, -0.15) is 0 Å². The lowest BCUT2D eigenvalue weighted by molar-refractivity contribution is 0.00578. The normalized spacial score (nSPS) is 21.2. The first-order chi connectivity index (χ1) is 12.2. The van der Waals surface area contributed by atoms with E-state index in [2.05, 4.69) is 5.10 Å². The molecular weight excluding hydrogens is 333 g/mol. The van der Waals surface area contributed by atoms with Crippen LogP contribution in [0.1, 0.15) is 40.5 Å². The van der Waals surface area contributed by atoms with E-state index in [9.17, 15) is 4.79 Å². The lowest BCUT2D eigenvalue weighted by Gasteiger charge is -2.32. The standard InChI is InChI=1S/C18H24BN3O4/c1-17(2)18(3,4)26-19(25-17)12-6-8-13(9-7-12)22-15(24-14-10-11-14)20-21(5)16(22)23/h6-9,14H,10-11H2,1-5H3.